The van der Waals surface area contributed by atoms with Crippen LogP contribution in [-0.4, -0.2) is 45.6 Å². The Morgan fingerprint density at radius 1 is 1.41 bits per heavy atom. The van der Waals surface area contributed by atoms with Gasteiger partial charge in [0.05, 0.1) is 0 Å². The zero-order valence-corrected chi connectivity index (χ0v) is 9.32. The van der Waals surface area contributed by atoms with Crippen molar-refractivity contribution >= 4 is 11.7 Å². The molecule has 0 saturated carbocycles. The minimum absolute atomic E-state index is 0.0304. The van der Waals surface area contributed by atoms with Crippen molar-refractivity contribution in [1.29, 1.82) is 0 Å². The molecule has 1 unspecified atom stereocenters. The maximum absolute atomic E-state index is 11.4. The Labute approximate surface area is 96.0 Å². The number of H-pyrrole nitrogens is 2. The van der Waals surface area contributed by atoms with Gasteiger partial charge in [0.1, 0.15) is 0 Å². The lowest BCUT2D eigenvalue weighted by molar-refractivity contribution is -0.132. The van der Waals surface area contributed by atoms with Gasteiger partial charge in [-0.25, -0.2) is 9.89 Å². The molecule has 0 aliphatic carbocycles. The third-order valence-electron chi connectivity index (χ3n) is 2.68. The van der Waals surface area contributed by atoms with Gasteiger partial charge in [-0.2, -0.15) is 0 Å². The quantitative estimate of drug-likeness (QED) is 0.581. The first-order valence-corrected chi connectivity index (χ1v) is 5.26. The second kappa shape index (κ2) is 4.40. The van der Waals surface area contributed by atoms with E-state index >= 15 is 0 Å². The van der Waals surface area contributed by atoms with Gasteiger partial charge in [0.25, 0.3) is 5.56 Å². The minimum Gasteiger partial charge on any atom is -0.360 e. The fourth-order valence-electron chi connectivity index (χ4n) is 1.77. The Bertz CT molecular complexity index is 534. The average molecular weight is 239 g/mol. The summed E-state index contributed by atoms with van der Waals surface area (Å²) >= 11 is 0. The number of anilines is 1. The lowest BCUT2D eigenvalue weighted by atomic mass is 10.1. The number of aromatic nitrogens is 3. The van der Waals surface area contributed by atoms with Crippen LogP contribution in [0.15, 0.2) is 9.59 Å². The molecule has 1 atom stereocenters. The fourth-order valence-corrected chi connectivity index (χ4v) is 1.77. The smallest absolute Gasteiger partial charge is 0.342 e. The molecule has 1 amide bonds. The molecule has 0 spiro atoms. The van der Waals surface area contributed by atoms with Crippen molar-refractivity contribution in [3.8, 4) is 0 Å². The summed E-state index contributed by atoms with van der Waals surface area (Å²) in [6, 6.07) is -0.0304. The molecule has 2 heterocycles. The van der Waals surface area contributed by atoms with Crippen LogP contribution >= 0.6 is 0 Å². The Hall–Kier alpha value is -2.12. The van der Waals surface area contributed by atoms with E-state index in [1.54, 1.807) is 11.9 Å². The number of hydrogen-bond donors (Lipinski definition) is 3. The van der Waals surface area contributed by atoms with E-state index in [1.807, 2.05) is 0 Å². The Kier molecular flexibility index (Phi) is 2.94. The van der Waals surface area contributed by atoms with Crippen LogP contribution in [-0.2, 0) is 4.79 Å². The highest BCUT2D eigenvalue weighted by molar-refractivity contribution is 5.76. The number of aromatic amines is 2. The Morgan fingerprint density at radius 2 is 2.18 bits per heavy atom. The number of amides is 1. The summed E-state index contributed by atoms with van der Waals surface area (Å²) in [7, 11) is 1.71. The number of hydrogen-bond acceptors (Lipinski definition) is 5. The standard InChI is InChI=1S/C9H13N5O3/c1-14-4-5(2-3-6(14)15)10-7-8(16)11-9(17)13-12-7/h5H,2-4H2,1H3,(H,10,12)(H2,11,13,16,17). The Morgan fingerprint density at radius 3 is 2.82 bits per heavy atom. The first-order valence-electron chi connectivity index (χ1n) is 5.26. The van der Waals surface area contributed by atoms with Crippen LogP contribution < -0.4 is 16.6 Å². The van der Waals surface area contributed by atoms with Gasteiger partial charge in [-0.3, -0.25) is 14.6 Å². The molecule has 8 heteroatoms. The summed E-state index contributed by atoms with van der Waals surface area (Å²) in [6.07, 6.45) is 1.08. The largest absolute Gasteiger partial charge is 0.360 e. The summed E-state index contributed by atoms with van der Waals surface area (Å²) in [5.74, 6) is 0.156. The highest BCUT2D eigenvalue weighted by Crippen LogP contribution is 2.12. The van der Waals surface area contributed by atoms with Gasteiger partial charge < -0.3 is 10.2 Å². The van der Waals surface area contributed by atoms with Crippen molar-refractivity contribution in [2.45, 2.75) is 18.9 Å². The highest BCUT2D eigenvalue weighted by Gasteiger charge is 2.23. The van der Waals surface area contributed by atoms with Crippen molar-refractivity contribution in [3.63, 3.8) is 0 Å². The zero-order valence-electron chi connectivity index (χ0n) is 9.32. The van der Waals surface area contributed by atoms with Crippen molar-refractivity contribution in [1.82, 2.24) is 20.1 Å². The van der Waals surface area contributed by atoms with Gasteiger partial charge in [-0.1, -0.05) is 0 Å². The summed E-state index contributed by atoms with van der Waals surface area (Å²) in [5, 5.41) is 8.67. The number of likely N-dealkylation sites (N-methyl/N-ethyl adjacent to an activating group) is 1. The maximum atomic E-state index is 11.4. The van der Waals surface area contributed by atoms with Gasteiger partial charge in [0, 0.05) is 26.1 Å². The van der Waals surface area contributed by atoms with Gasteiger partial charge in [-0.05, 0) is 6.42 Å². The van der Waals surface area contributed by atoms with Crippen LogP contribution in [0, 0.1) is 0 Å². The van der Waals surface area contributed by atoms with Crippen LogP contribution in [0.25, 0.3) is 0 Å². The Balaban J connectivity index is 2.09. The molecule has 1 saturated heterocycles. The van der Waals surface area contributed by atoms with E-state index in [0.29, 0.717) is 19.4 Å². The topological polar surface area (TPSA) is 111 Å². The molecule has 0 radical (unpaired) electrons. The van der Waals surface area contributed by atoms with E-state index < -0.39 is 11.2 Å². The summed E-state index contributed by atoms with van der Waals surface area (Å²) in [6.45, 7) is 0.513. The molecule has 3 N–H and O–H groups in total. The molecular weight excluding hydrogens is 226 g/mol. The lowest BCUT2D eigenvalue weighted by Crippen LogP contribution is -2.44. The van der Waals surface area contributed by atoms with Crippen molar-refractivity contribution < 1.29 is 4.79 Å². The van der Waals surface area contributed by atoms with Gasteiger partial charge in [0.2, 0.25) is 11.7 Å². The highest BCUT2D eigenvalue weighted by atomic mass is 16.2. The predicted molar refractivity (Wildman–Crippen MR) is 59.8 cm³/mol. The molecule has 0 aromatic carbocycles. The molecule has 8 nitrogen and oxygen atoms in total. The second-order valence-electron chi connectivity index (χ2n) is 4.01. The lowest BCUT2D eigenvalue weighted by Gasteiger charge is -2.30. The van der Waals surface area contributed by atoms with Gasteiger partial charge in [0.15, 0.2) is 0 Å². The number of likely N-dealkylation sites (tertiary alicyclic amines) is 1. The van der Waals surface area contributed by atoms with Gasteiger partial charge >= 0.3 is 5.69 Å². The third kappa shape index (κ3) is 2.52. The van der Waals surface area contributed by atoms with E-state index in [4.69, 9.17) is 0 Å². The average Bonchev–Trinajstić information content (AvgIpc) is 2.27. The van der Waals surface area contributed by atoms with E-state index in [1.165, 1.54) is 0 Å². The van der Waals surface area contributed by atoms with E-state index in [2.05, 4.69) is 20.5 Å². The van der Waals surface area contributed by atoms with Crippen molar-refractivity contribution in [2.75, 3.05) is 18.9 Å². The number of nitrogens with zero attached hydrogens (tertiary/aromatic N) is 2. The van der Waals surface area contributed by atoms with Crippen LogP contribution in [0.5, 0.6) is 0 Å². The molecule has 1 aliphatic rings. The summed E-state index contributed by atoms with van der Waals surface area (Å²) in [4.78, 5) is 37.1. The van der Waals surface area contributed by atoms with E-state index in [-0.39, 0.29) is 17.8 Å². The number of piperidine rings is 1. The van der Waals surface area contributed by atoms with Crippen LogP contribution in [0.3, 0.4) is 0 Å². The monoisotopic (exact) mass is 239 g/mol. The number of carbonyl (C=O) groups is 1. The van der Waals surface area contributed by atoms with Crippen LogP contribution in [0.2, 0.25) is 0 Å². The number of nitrogens with one attached hydrogen (secondary N) is 3. The molecule has 1 aliphatic heterocycles. The normalized spacial score (nSPS) is 20.4. The van der Waals surface area contributed by atoms with Crippen LogP contribution in [0.4, 0.5) is 5.82 Å². The second-order valence-corrected chi connectivity index (χ2v) is 4.01. The SMILES string of the molecule is CN1CC(Nc2n[nH]c(=O)[nH]c2=O)CCC1=O. The number of rotatable bonds is 2. The summed E-state index contributed by atoms with van der Waals surface area (Å²) < 4.78 is 0. The molecular formula is C9H13N5O3. The first kappa shape index (κ1) is 11.4. The molecule has 0 bridgehead atoms. The van der Waals surface area contributed by atoms with E-state index in [9.17, 15) is 14.4 Å². The van der Waals surface area contributed by atoms with Gasteiger partial charge in [-0.15, -0.1) is 5.10 Å². The molecule has 1 fully saturated rings. The predicted octanol–water partition coefficient (Wildman–Crippen LogP) is -1.51. The van der Waals surface area contributed by atoms with Crippen molar-refractivity contribution in [2.24, 2.45) is 0 Å². The zero-order chi connectivity index (χ0) is 12.4. The molecule has 2 rings (SSSR count). The van der Waals surface area contributed by atoms with E-state index in [0.717, 1.165) is 0 Å². The molecule has 1 aromatic heterocycles. The fraction of sp³-hybridized carbons (Fsp3) is 0.556. The summed E-state index contributed by atoms with van der Waals surface area (Å²) in [5.41, 5.74) is -1.20. The molecule has 1 aromatic rings. The molecule has 92 valence electrons. The number of carbonyl (C=O) groups excluding carboxylic acids is 1. The third-order valence-corrected chi connectivity index (χ3v) is 2.68. The maximum Gasteiger partial charge on any atom is 0.342 e. The minimum atomic E-state index is -0.642. The first-order chi connectivity index (χ1) is 8.06. The van der Waals surface area contributed by atoms with Crippen LogP contribution in [0.1, 0.15) is 12.8 Å². The molecule has 17 heavy (non-hydrogen) atoms. The van der Waals surface area contributed by atoms with Crippen molar-refractivity contribution in [3.05, 3.63) is 20.8 Å².